The lowest BCUT2D eigenvalue weighted by molar-refractivity contribution is -0.384. The van der Waals surface area contributed by atoms with Gasteiger partial charge in [-0.1, -0.05) is 0 Å². The Kier molecular flexibility index (Phi) is 5.55. The van der Waals surface area contributed by atoms with Gasteiger partial charge in [0.25, 0.3) is 11.6 Å². The second kappa shape index (κ2) is 7.64. The van der Waals surface area contributed by atoms with Crippen LogP contribution in [0.1, 0.15) is 15.9 Å². The van der Waals surface area contributed by atoms with Crippen molar-refractivity contribution in [2.45, 2.75) is 6.18 Å². The summed E-state index contributed by atoms with van der Waals surface area (Å²) >= 11 is 0. The molecule has 0 fully saturated rings. The lowest BCUT2D eigenvalue weighted by atomic mass is 10.1. The molecule has 2 aromatic carbocycles. The third kappa shape index (κ3) is 5.03. The minimum Gasteiger partial charge on any atom is -0.452 e. The maximum absolute atomic E-state index is 12.4. The summed E-state index contributed by atoms with van der Waals surface area (Å²) < 4.78 is 42.0. The summed E-state index contributed by atoms with van der Waals surface area (Å²) in [6.07, 6.45) is -4.52. The van der Waals surface area contributed by atoms with E-state index >= 15 is 0 Å². The van der Waals surface area contributed by atoms with Crippen molar-refractivity contribution in [3.05, 3.63) is 69.8 Å². The van der Waals surface area contributed by atoms with Gasteiger partial charge in [0.15, 0.2) is 6.61 Å². The number of nitro groups is 1. The zero-order valence-electron chi connectivity index (χ0n) is 12.9. The first kappa shape index (κ1) is 18.9. The fourth-order valence-electron chi connectivity index (χ4n) is 1.87. The highest BCUT2D eigenvalue weighted by atomic mass is 19.4. The number of nitrogens with zero attached hydrogens (tertiary/aromatic N) is 1. The number of nitrogens with one attached hydrogen (secondary N) is 1. The first-order chi connectivity index (χ1) is 12.2. The van der Waals surface area contributed by atoms with Gasteiger partial charge >= 0.3 is 12.1 Å². The predicted molar refractivity (Wildman–Crippen MR) is 83.5 cm³/mol. The van der Waals surface area contributed by atoms with E-state index in [0.29, 0.717) is 0 Å². The van der Waals surface area contributed by atoms with Gasteiger partial charge in [-0.15, -0.1) is 0 Å². The molecule has 0 saturated carbocycles. The first-order valence-corrected chi connectivity index (χ1v) is 7.05. The van der Waals surface area contributed by atoms with Crippen molar-refractivity contribution in [1.82, 2.24) is 0 Å². The van der Waals surface area contributed by atoms with Gasteiger partial charge < -0.3 is 10.1 Å². The molecule has 2 rings (SSSR count). The van der Waals surface area contributed by atoms with Gasteiger partial charge in [-0.25, -0.2) is 4.79 Å². The molecular formula is C16H11F3N2O5. The Morgan fingerprint density at radius 2 is 1.62 bits per heavy atom. The zero-order valence-corrected chi connectivity index (χ0v) is 12.9. The number of rotatable bonds is 5. The van der Waals surface area contributed by atoms with E-state index in [9.17, 15) is 32.9 Å². The summed E-state index contributed by atoms with van der Waals surface area (Å²) in [4.78, 5) is 33.3. The van der Waals surface area contributed by atoms with Crippen molar-refractivity contribution < 1.29 is 32.4 Å². The molecule has 0 unspecified atom stereocenters. The lowest BCUT2D eigenvalue weighted by Gasteiger charge is -2.08. The van der Waals surface area contributed by atoms with Gasteiger partial charge in [-0.05, 0) is 36.4 Å². The Bertz CT molecular complexity index is 817. The molecule has 0 saturated heterocycles. The van der Waals surface area contributed by atoms with E-state index in [1.807, 2.05) is 0 Å². The van der Waals surface area contributed by atoms with E-state index in [0.717, 1.165) is 24.3 Å². The van der Waals surface area contributed by atoms with Crippen LogP contribution < -0.4 is 5.32 Å². The van der Waals surface area contributed by atoms with Crippen molar-refractivity contribution >= 4 is 23.3 Å². The smallest absolute Gasteiger partial charge is 0.416 e. The standard InChI is InChI=1S/C16H11F3N2O5/c17-16(18,19)11-3-1-10(2-4-11)15(23)26-9-14(22)20-12-5-7-13(8-6-12)21(24)25/h1-8H,9H2,(H,20,22). The number of carbonyl (C=O) groups excluding carboxylic acids is 2. The number of hydrogen-bond acceptors (Lipinski definition) is 5. The number of halogens is 3. The Balaban J connectivity index is 1.88. The third-order valence-electron chi connectivity index (χ3n) is 3.14. The van der Waals surface area contributed by atoms with Crippen LogP contribution in [-0.2, 0) is 15.7 Å². The molecule has 7 nitrogen and oxygen atoms in total. The SMILES string of the molecule is O=C(COC(=O)c1ccc(C(F)(F)F)cc1)Nc1ccc([N+](=O)[O-])cc1. The lowest BCUT2D eigenvalue weighted by Crippen LogP contribution is -2.21. The number of hydrogen-bond donors (Lipinski definition) is 1. The molecule has 0 radical (unpaired) electrons. The Labute approximate surface area is 144 Å². The molecule has 0 atom stereocenters. The summed E-state index contributed by atoms with van der Waals surface area (Å²) in [5.41, 5.74) is -0.950. The fraction of sp³-hybridized carbons (Fsp3) is 0.125. The second-order valence-electron chi connectivity index (χ2n) is 5.00. The van der Waals surface area contributed by atoms with E-state index in [1.165, 1.54) is 24.3 Å². The molecule has 0 aromatic heterocycles. The number of nitro benzene ring substituents is 1. The molecule has 10 heteroatoms. The largest absolute Gasteiger partial charge is 0.452 e. The number of esters is 1. The van der Waals surface area contributed by atoms with Gasteiger partial charge in [0, 0.05) is 17.8 Å². The number of ether oxygens (including phenoxy) is 1. The molecule has 0 heterocycles. The van der Waals surface area contributed by atoms with Crippen LogP contribution in [0, 0.1) is 10.1 Å². The maximum Gasteiger partial charge on any atom is 0.416 e. The van der Waals surface area contributed by atoms with Crippen molar-refractivity contribution in [2.24, 2.45) is 0 Å². The number of amides is 1. The van der Waals surface area contributed by atoms with Crippen molar-refractivity contribution in [3.63, 3.8) is 0 Å². The Morgan fingerprint density at radius 1 is 1.04 bits per heavy atom. The highest BCUT2D eigenvalue weighted by molar-refractivity contribution is 5.95. The van der Waals surface area contributed by atoms with Crippen LogP contribution in [0.15, 0.2) is 48.5 Å². The molecule has 0 bridgehead atoms. The number of benzene rings is 2. The van der Waals surface area contributed by atoms with Crippen LogP contribution in [0.25, 0.3) is 0 Å². The van der Waals surface area contributed by atoms with Gasteiger partial charge in [-0.2, -0.15) is 13.2 Å². The second-order valence-corrected chi connectivity index (χ2v) is 5.00. The summed E-state index contributed by atoms with van der Waals surface area (Å²) in [5.74, 6) is -1.67. The molecule has 0 spiro atoms. The highest BCUT2D eigenvalue weighted by Crippen LogP contribution is 2.29. The molecule has 0 aliphatic heterocycles. The average molecular weight is 368 g/mol. The molecule has 0 aliphatic carbocycles. The number of carbonyl (C=O) groups is 2. The van der Waals surface area contributed by atoms with Crippen LogP contribution in [0.3, 0.4) is 0 Å². The van der Waals surface area contributed by atoms with Gasteiger partial charge in [0.2, 0.25) is 0 Å². The first-order valence-electron chi connectivity index (χ1n) is 7.05. The fourth-order valence-corrected chi connectivity index (χ4v) is 1.87. The number of alkyl halides is 3. The van der Waals surface area contributed by atoms with E-state index in [4.69, 9.17) is 4.74 Å². The van der Waals surface area contributed by atoms with Crippen molar-refractivity contribution in [3.8, 4) is 0 Å². The highest BCUT2D eigenvalue weighted by Gasteiger charge is 2.30. The van der Waals surface area contributed by atoms with Crippen LogP contribution in [0.4, 0.5) is 24.5 Å². The summed E-state index contributed by atoms with van der Waals surface area (Å²) in [6, 6.07) is 8.31. The Hall–Kier alpha value is -3.43. The van der Waals surface area contributed by atoms with Crippen molar-refractivity contribution in [2.75, 3.05) is 11.9 Å². The van der Waals surface area contributed by atoms with E-state index in [2.05, 4.69) is 5.32 Å². The zero-order chi connectivity index (χ0) is 19.3. The van der Waals surface area contributed by atoms with Gasteiger partial charge in [-0.3, -0.25) is 14.9 Å². The van der Waals surface area contributed by atoms with Crippen LogP contribution in [0.5, 0.6) is 0 Å². The minimum absolute atomic E-state index is 0.138. The Morgan fingerprint density at radius 3 is 2.12 bits per heavy atom. The van der Waals surface area contributed by atoms with Crippen LogP contribution >= 0.6 is 0 Å². The van der Waals surface area contributed by atoms with Crippen LogP contribution in [-0.4, -0.2) is 23.4 Å². The molecule has 2 aromatic rings. The molecule has 0 aliphatic rings. The molecule has 1 N–H and O–H groups in total. The van der Waals surface area contributed by atoms with Gasteiger partial charge in [0.1, 0.15) is 0 Å². The summed E-state index contributed by atoms with van der Waals surface area (Å²) in [5, 5.41) is 12.9. The van der Waals surface area contributed by atoms with Crippen molar-refractivity contribution in [1.29, 1.82) is 0 Å². The van der Waals surface area contributed by atoms with E-state index in [1.54, 1.807) is 0 Å². The quantitative estimate of drug-likeness (QED) is 0.495. The summed E-state index contributed by atoms with van der Waals surface area (Å²) in [7, 11) is 0. The minimum atomic E-state index is -4.52. The normalized spacial score (nSPS) is 10.9. The third-order valence-corrected chi connectivity index (χ3v) is 3.14. The molecule has 26 heavy (non-hydrogen) atoms. The van der Waals surface area contributed by atoms with E-state index in [-0.39, 0.29) is 16.9 Å². The molecular weight excluding hydrogens is 357 g/mol. The monoisotopic (exact) mass is 368 g/mol. The molecule has 1 amide bonds. The topological polar surface area (TPSA) is 98.5 Å². The molecule has 136 valence electrons. The number of anilines is 1. The van der Waals surface area contributed by atoms with Crippen LogP contribution in [0.2, 0.25) is 0 Å². The van der Waals surface area contributed by atoms with Gasteiger partial charge in [0.05, 0.1) is 16.1 Å². The maximum atomic E-state index is 12.4. The van der Waals surface area contributed by atoms with E-state index < -0.39 is 35.1 Å². The number of non-ortho nitro benzene ring substituents is 1. The summed E-state index contributed by atoms with van der Waals surface area (Å²) in [6.45, 7) is -0.670. The average Bonchev–Trinajstić information content (AvgIpc) is 2.59. The predicted octanol–water partition coefficient (Wildman–Crippen LogP) is 3.41.